The van der Waals surface area contributed by atoms with E-state index in [1.807, 2.05) is 0 Å². The third kappa shape index (κ3) is 5.02. The van der Waals surface area contributed by atoms with Gasteiger partial charge in [-0.05, 0) is 5.56 Å². The molecule has 2 aromatic rings. The predicted molar refractivity (Wildman–Crippen MR) is 81.4 cm³/mol. The molecule has 2 rings (SSSR count). The van der Waals surface area contributed by atoms with Gasteiger partial charge in [0.25, 0.3) is 0 Å². The first-order valence-corrected chi connectivity index (χ1v) is 7.36. The molecule has 1 aromatic carbocycles. The number of nitrogens with zero attached hydrogens (tertiary/aromatic N) is 2. The first kappa shape index (κ1) is 18.9. The zero-order valence-corrected chi connectivity index (χ0v) is 13.3. The number of hydrogen-bond donors (Lipinski definition) is 1. The molecular formula is C16H17F4N3O2. The Hall–Kier alpha value is -2.42. The highest BCUT2D eigenvalue weighted by molar-refractivity contribution is 5.78. The standard InChI is InChI=1S/C16H17F4N3O2/c1-23-8-7-21-14(23)13(11-5-3-2-4-6-11)22-12(24)9-25-10-16(19,20)15(17)18/h2-8,13,15H,9-10H2,1H3,(H,22,24)/t13-/m1/s1. The Kier molecular flexibility index (Phi) is 6.13. The summed E-state index contributed by atoms with van der Waals surface area (Å²) in [7, 11) is 1.74. The number of imidazole rings is 1. The normalized spacial score (nSPS) is 13.0. The average molecular weight is 359 g/mol. The fourth-order valence-corrected chi connectivity index (χ4v) is 2.14. The van der Waals surface area contributed by atoms with Gasteiger partial charge < -0.3 is 14.6 Å². The van der Waals surface area contributed by atoms with Crippen molar-refractivity contribution in [3.63, 3.8) is 0 Å². The van der Waals surface area contributed by atoms with Crippen molar-refractivity contribution in [2.45, 2.75) is 18.4 Å². The van der Waals surface area contributed by atoms with Crippen LogP contribution in [0.5, 0.6) is 0 Å². The lowest BCUT2D eigenvalue weighted by Gasteiger charge is -2.20. The lowest BCUT2D eigenvalue weighted by Crippen LogP contribution is -2.37. The van der Waals surface area contributed by atoms with E-state index in [0.29, 0.717) is 5.82 Å². The molecule has 0 aliphatic heterocycles. The molecule has 0 unspecified atom stereocenters. The van der Waals surface area contributed by atoms with E-state index in [2.05, 4.69) is 15.0 Å². The minimum Gasteiger partial charge on any atom is -0.365 e. The highest BCUT2D eigenvalue weighted by Gasteiger charge is 2.41. The SMILES string of the molecule is Cn1ccnc1[C@H](NC(=O)COCC(F)(F)C(F)F)c1ccccc1. The highest BCUT2D eigenvalue weighted by atomic mass is 19.3. The summed E-state index contributed by atoms with van der Waals surface area (Å²) in [4.78, 5) is 16.2. The molecule has 0 saturated carbocycles. The molecule has 0 fully saturated rings. The van der Waals surface area contributed by atoms with E-state index in [1.54, 1.807) is 54.3 Å². The van der Waals surface area contributed by atoms with Gasteiger partial charge >= 0.3 is 12.3 Å². The third-order valence-corrected chi connectivity index (χ3v) is 3.40. The molecule has 136 valence electrons. The van der Waals surface area contributed by atoms with Crippen molar-refractivity contribution < 1.29 is 27.1 Å². The first-order chi connectivity index (χ1) is 11.8. The van der Waals surface area contributed by atoms with Gasteiger partial charge in [-0.2, -0.15) is 8.78 Å². The zero-order valence-electron chi connectivity index (χ0n) is 13.3. The Morgan fingerprint density at radius 2 is 2.00 bits per heavy atom. The van der Waals surface area contributed by atoms with Crippen molar-refractivity contribution >= 4 is 5.91 Å². The van der Waals surface area contributed by atoms with E-state index in [4.69, 9.17) is 0 Å². The Morgan fingerprint density at radius 1 is 1.32 bits per heavy atom. The lowest BCUT2D eigenvalue weighted by molar-refractivity contribution is -0.168. The maximum absolute atomic E-state index is 12.8. The van der Waals surface area contributed by atoms with Gasteiger partial charge in [0.05, 0.1) is 0 Å². The van der Waals surface area contributed by atoms with Gasteiger partial charge in [-0.3, -0.25) is 4.79 Å². The largest absolute Gasteiger partial charge is 0.365 e. The second kappa shape index (κ2) is 8.11. The van der Waals surface area contributed by atoms with Crippen LogP contribution in [0, 0.1) is 0 Å². The summed E-state index contributed by atoms with van der Waals surface area (Å²) in [6, 6.07) is 8.26. The summed E-state index contributed by atoms with van der Waals surface area (Å²) in [5.41, 5.74) is 0.725. The van der Waals surface area contributed by atoms with Gasteiger partial charge in [-0.15, -0.1) is 0 Å². The van der Waals surface area contributed by atoms with Crippen LogP contribution in [0.3, 0.4) is 0 Å². The summed E-state index contributed by atoms with van der Waals surface area (Å²) < 4.78 is 55.8. The minimum absolute atomic E-state index is 0.525. The zero-order chi connectivity index (χ0) is 18.4. The van der Waals surface area contributed by atoms with Crippen molar-refractivity contribution in [1.29, 1.82) is 0 Å². The molecule has 0 aliphatic rings. The molecule has 0 spiro atoms. The van der Waals surface area contributed by atoms with E-state index in [9.17, 15) is 22.4 Å². The van der Waals surface area contributed by atoms with Crippen molar-refractivity contribution in [2.24, 2.45) is 7.05 Å². The number of amides is 1. The molecule has 1 heterocycles. The van der Waals surface area contributed by atoms with Crippen LogP contribution in [0.1, 0.15) is 17.4 Å². The molecule has 1 N–H and O–H groups in total. The quantitative estimate of drug-likeness (QED) is 0.737. The number of nitrogens with one attached hydrogen (secondary N) is 1. The van der Waals surface area contributed by atoms with Crippen LogP contribution in [0.25, 0.3) is 0 Å². The monoisotopic (exact) mass is 359 g/mol. The number of carbonyl (C=O) groups excluding carboxylic acids is 1. The molecular weight excluding hydrogens is 342 g/mol. The number of carbonyl (C=O) groups is 1. The number of ether oxygens (including phenoxy) is 1. The van der Waals surface area contributed by atoms with Crippen LogP contribution in [-0.2, 0) is 16.6 Å². The molecule has 1 atom stereocenters. The van der Waals surface area contributed by atoms with Gasteiger partial charge in [-0.1, -0.05) is 30.3 Å². The van der Waals surface area contributed by atoms with Crippen LogP contribution in [0.15, 0.2) is 42.7 Å². The van der Waals surface area contributed by atoms with E-state index in [-0.39, 0.29) is 0 Å². The molecule has 0 bridgehead atoms. The summed E-state index contributed by atoms with van der Waals surface area (Å²) in [5, 5.41) is 2.61. The predicted octanol–water partition coefficient (Wildman–Crippen LogP) is 2.54. The van der Waals surface area contributed by atoms with Crippen LogP contribution in [0.2, 0.25) is 0 Å². The number of rotatable bonds is 8. The van der Waals surface area contributed by atoms with Crippen LogP contribution < -0.4 is 5.32 Å². The van der Waals surface area contributed by atoms with Gasteiger partial charge in [-0.25, -0.2) is 13.8 Å². The summed E-state index contributed by atoms with van der Waals surface area (Å²) in [6.45, 7) is -2.30. The van der Waals surface area contributed by atoms with Crippen molar-refractivity contribution in [3.05, 3.63) is 54.1 Å². The second-order valence-corrected chi connectivity index (χ2v) is 5.36. The topological polar surface area (TPSA) is 56.2 Å². The lowest BCUT2D eigenvalue weighted by atomic mass is 10.1. The second-order valence-electron chi connectivity index (χ2n) is 5.36. The Bertz CT molecular complexity index is 692. The Balaban J connectivity index is 2.03. The van der Waals surface area contributed by atoms with E-state index >= 15 is 0 Å². The highest BCUT2D eigenvalue weighted by Crippen LogP contribution is 2.23. The maximum Gasteiger partial charge on any atom is 0.330 e. The number of alkyl halides is 4. The number of benzene rings is 1. The summed E-state index contributed by atoms with van der Waals surface area (Å²) in [6.07, 6.45) is -0.603. The maximum atomic E-state index is 12.8. The van der Waals surface area contributed by atoms with E-state index in [1.165, 1.54) is 0 Å². The summed E-state index contributed by atoms with van der Waals surface area (Å²) >= 11 is 0. The average Bonchev–Trinajstić information content (AvgIpc) is 2.99. The van der Waals surface area contributed by atoms with Crippen molar-refractivity contribution in [3.8, 4) is 0 Å². The van der Waals surface area contributed by atoms with Crippen LogP contribution >= 0.6 is 0 Å². The fraction of sp³-hybridized carbons (Fsp3) is 0.375. The molecule has 9 heteroatoms. The van der Waals surface area contributed by atoms with Crippen molar-refractivity contribution in [2.75, 3.05) is 13.2 Å². The molecule has 0 aliphatic carbocycles. The third-order valence-electron chi connectivity index (χ3n) is 3.40. The van der Waals surface area contributed by atoms with Crippen LogP contribution in [0.4, 0.5) is 17.6 Å². The number of halogens is 4. The van der Waals surface area contributed by atoms with E-state index in [0.717, 1.165) is 5.56 Å². The van der Waals surface area contributed by atoms with E-state index < -0.39 is 37.5 Å². The number of aromatic nitrogens is 2. The number of aryl methyl sites for hydroxylation is 1. The molecule has 0 radical (unpaired) electrons. The van der Waals surface area contributed by atoms with Crippen molar-refractivity contribution in [1.82, 2.24) is 14.9 Å². The fourth-order valence-electron chi connectivity index (χ4n) is 2.14. The van der Waals surface area contributed by atoms with Gasteiger partial charge in [0.15, 0.2) is 0 Å². The summed E-state index contributed by atoms with van der Waals surface area (Å²) in [5.74, 6) is -4.49. The molecule has 1 aromatic heterocycles. The first-order valence-electron chi connectivity index (χ1n) is 7.36. The van der Waals surface area contributed by atoms with Gasteiger partial charge in [0, 0.05) is 19.4 Å². The molecule has 25 heavy (non-hydrogen) atoms. The smallest absolute Gasteiger partial charge is 0.330 e. The Labute approximate surface area is 141 Å². The molecule has 5 nitrogen and oxygen atoms in total. The van der Waals surface area contributed by atoms with Gasteiger partial charge in [0.2, 0.25) is 5.91 Å². The molecule has 0 saturated heterocycles. The Morgan fingerprint density at radius 3 is 2.56 bits per heavy atom. The van der Waals surface area contributed by atoms with Crippen LogP contribution in [-0.4, -0.2) is 41.0 Å². The molecule has 1 amide bonds. The minimum atomic E-state index is -4.29. The number of hydrogen-bond acceptors (Lipinski definition) is 3. The van der Waals surface area contributed by atoms with Gasteiger partial charge in [0.1, 0.15) is 25.1 Å².